The molecule has 0 atom stereocenters. The van der Waals surface area contributed by atoms with Crippen molar-refractivity contribution in [2.45, 2.75) is 4.90 Å². The van der Waals surface area contributed by atoms with Gasteiger partial charge in [0.1, 0.15) is 0 Å². The van der Waals surface area contributed by atoms with E-state index >= 15 is 0 Å². The average molecular weight is 280 g/mol. The van der Waals surface area contributed by atoms with E-state index in [1.165, 1.54) is 24.4 Å². The molecule has 0 radical (unpaired) electrons. The van der Waals surface area contributed by atoms with Crippen LogP contribution in [0.1, 0.15) is 10.5 Å². The van der Waals surface area contributed by atoms with Gasteiger partial charge in [-0.2, -0.15) is 0 Å². The molecule has 0 amide bonds. The molecule has 0 saturated carbocycles. The molecule has 2 N–H and O–H groups in total. The molecule has 6 nitrogen and oxygen atoms in total. The average Bonchev–Trinajstić information content (AvgIpc) is 2.81. The molecular weight excluding hydrogens is 268 g/mol. The maximum Gasteiger partial charge on any atom is 0.357 e. The molecule has 1 aromatic carbocycles. The minimum atomic E-state index is -3.87. The summed E-state index contributed by atoms with van der Waals surface area (Å²) in [6.07, 6.45) is 1.23. The zero-order chi connectivity index (χ0) is 14.0. The maximum atomic E-state index is 12.4. The number of nitrogens with two attached hydrogens (primary N) is 1. The molecule has 0 aliphatic carbocycles. The Hall–Kier alpha value is -2.28. The van der Waals surface area contributed by atoms with Gasteiger partial charge in [-0.05, 0) is 18.2 Å². The number of benzene rings is 1. The first kappa shape index (κ1) is 13.2. The number of anilines is 1. The number of ether oxygens (including phenoxy) is 1. The standard InChI is InChI=1S/C12H12N2O4S/c1-18-12(15)11-10(13)7-8-14(11)19(16,17)9-5-3-2-4-6-9/h2-8H,13H2,1H3. The van der Waals surface area contributed by atoms with E-state index < -0.39 is 16.0 Å². The van der Waals surface area contributed by atoms with Crippen LogP contribution >= 0.6 is 0 Å². The Labute approximate surface area is 110 Å². The number of carbonyl (C=O) groups excluding carboxylic acids is 1. The number of hydrogen-bond donors (Lipinski definition) is 1. The van der Waals surface area contributed by atoms with Gasteiger partial charge in [0.2, 0.25) is 0 Å². The minimum absolute atomic E-state index is 0.0476. The summed E-state index contributed by atoms with van der Waals surface area (Å²) in [7, 11) is -2.71. The summed E-state index contributed by atoms with van der Waals surface area (Å²) >= 11 is 0. The van der Waals surface area contributed by atoms with Crippen LogP contribution in [-0.4, -0.2) is 25.5 Å². The van der Waals surface area contributed by atoms with Gasteiger partial charge in [-0.3, -0.25) is 0 Å². The van der Waals surface area contributed by atoms with Crippen molar-refractivity contribution in [1.82, 2.24) is 3.97 Å². The van der Waals surface area contributed by atoms with Gasteiger partial charge in [-0.1, -0.05) is 18.2 Å². The van der Waals surface area contributed by atoms with E-state index in [9.17, 15) is 13.2 Å². The summed E-state index contributed by atoms with van der Waals surface area (Å²) in [5, 5.41) is 0. The predicted molar refractivity (Wildman–Crippen MR) is 69.2 cm³/mol. The Morgan fingerprint density at radius 1 is 1.21 bits per heavy atom. The summed E-state index contributed by atoms with van der Waals surface area (Å²) in [6.45, 7) is 0. The van der Waals surface area contributed by atoms with Crippen LogP contribution in [-0.2, 0) is 14.8 Å². The highest BCUT2D eigenvalue weighted by Gasteiger charge is 2.25. The van der Waals surface area contributed by atoms with Crippen molar-refractivity contribution in [3.8, 4) is 0 Å². The Morgan fingerprint density at radius 3 is 2.42 bits per heavy atom. The van der Waals surface area contributed by atoms with Crippen LogP contribution in [0.25, 0.3) is 0 Å². The summed E-state index contributed by atoms with van der Waals surface area (Å²) in [4.78, 5) is 11.7. The highest BCUT2D eigenvalue weighted by Crippen LogP contribution is 2.21. The highest BCUT2D eigenvalue weighted by atomic mass is 32.2. The molecule has 19 heavy (non-hydrogen) atoms. The SMILES string of the molecule is COC(=O)c1c(N)ccn1S(=O)(=O)c1ccccc1. The topological polar surface area (TPSA) is 91.4 Å². The highest BCUT2D eigenvalue weighted by molar-refractivity contribution is 7.90. The third kappa shape index (κ3) is 2.19. The molecule has 2 rings (SSSR count). The summed E-state index contributed by atoms with van der Waals surface area (Å²) in [5.74, 6) is -0.804. The normalized spacial score (nSPS) is 11.2. The van der Waals surface area contributed by atoms with Crippen molar-refractivity contribution >= 4 is 21.7 Å². The van der Waals surface area contributed by atoms with Crippen molar-refractivity contribution in [2.24, 2.45) is 0 Å². The van der Waals surface area contributed by atoms with E-state index in [0.717, 1.165) is 11.1 Å². The van der Waals surface area contributed by atoms with Gasteiger partial charge in [0.05, 0.1) is 17.7 Å². The first-order chi connectivity index (χ1) is 8.98. The summed E-state index contributed by atoms with van der Waals surface area (Å²) in [6, 6.07) is 9.10. The fraction of sp³-hybridized carbons (Fsp3) is 0.0833. The number of nitrogens with zero attached hydrogens (tertiary/aromatic N) is 1. The molecule has 0 bridgehead atoms. The molecule has 0 aliphatic rings. The van der Waals surface area contributed by atoms with Gasteiger partial charge < -0.3 is 10.5 Å². The van der Waals surface area contributed by atoms with Crippen LogP contribution in [0.15, 0.2) is 47.5 Å². The lowest BCUT2D eigenvalue weighted by Crippen LogP contribution is -2.19. The van der Waals surface area contributed by atoms with Crippen LogP contribution in [0.4, 0.5) is 5.69 Å². The Balaban J connectivity index is 2.63. The van der Waals surface area contributed by atoms with E-state index in [1.807, 2.05) is 0 Å². The van der Waals surface area contributed by atoms with Gasteiger partial charge >= 0.3 is 5.97 Å². The molecular formula is C12H12N2O4S. The lowest BCUT2D eigenvalue weighted by molar-refractivity contribution is 0.0594. The molecule has 0 unspecified atom stereocenters. The molecule has 0 fully saturated rings. The third-order valence-electron chi connectivity index (χ3n) is 2.56. The van der Waals surface area contributed by atoms with Gasteiger partial charge in [0.25, 0.3) is 10.0 Å². The molecule has 0 aliphatic heterocycles. The van der Waals surface area contributed by atoms with Crippen LogP contribution < -0.4 is 5.73 Å². The van der Waals surface area contributed by atoms with Crippen LogP contribution in [0.2, 0.25) is 0 Å². The van der Waals surface area contributed by atoms with Crippen molar-refractivity contribution in [3.63, 3.8) is 0 Å². The second kappa shape index (κ2) is 4.77. The zero-order valence-corrected chi connectivity index (χ0v) is 10.9. The summed E-state index contributed by atoms with van der Waals surface area (Å²) in [5.41, 5.74) is 5.45. The molecule has 100 valence electrons. The number of carbonyl (C=O) groups is 1. The third-order valence-corrected chi connectivity index (χ3v) is 4.25. The number of hydrogen-bond acceptors (Lipinski definition) is 5. The predicted octanol–water partition coefficient (Wildman–Crippen LogP) is 1.09. The zero-order valence-electron chi connectivity index (χ0n) is 10.1. The van der Waals surface area contributed by atoms with Crippen LogP contribution in [0.3, 0.4) is 0 Å². The number of esters is 1. The number of rotatable bonds is 3. The van der Waals surface area contributed by atoms with Crippen molar-refractivity contribution in [3.05, 3.63) is 48.3 Å². The van der Waals surface area contributed by atoms with E-state index in [0.29, 0.717) is 0 Å². The lowest BCUT2D eigenvalue weighted by Gasteiger charge is -2.09. The van der Waals surface area contributed by atoms with E-state index in [1.54, 1.807) is 18.2 Å². The van der Waals surface area contributed by atoms with Crippen molar-refractivity contribution in [2.75, 3.05) is 12.8 Å². The Morgan fingerprint density at radius 2 is 1.84 bits per heavy atom. The second-order valence-corrected chi connectivity index (χ2v) is 5.54. The molecule has 0 spiro atoms. The maximum absolute atomic E-state index is 12.4. The van der Waals surface area contributed by atoms with Crippen LogP contribution in [0.5, 0.6) is 0 Å². The van der Waals surface area contributed by atoms with E-state index in [4.69, 9.17) is 5.73 Å². The first-order valence-corrected chi connectivity index (χ1v) is 6.78. The van der Waals surface area contributed by atoms with Gasteiger partial charge in [-0.15, -0.1) is 0 Å². The van der Waals surface area contributed by atoms with E-state index in [2.05, 4.69) is 4.74 Å². The first-order valence-electron chi connectivity index (χ1n) is 5.34. The monoisotopic (exact) mass is 280 g/mol. The van der Waals surface area contributed by atoms with Gasteiger partial charge in [0.15, 0.2) is 5.69 Å². The summed E-state index contributed by atoms with van der Waals surface area (Å²) < 4.78 is 30.1. The van der Waals surface area contributed by atoms with Gasteiger partial charge in [0, 0.05) is 6.20 Å². The molecule has 1 heterocycles. The molecule has 2 aromatic rings. The Kier molecular flexibility index (Phi) is 3.30. The van der Waals surface area contributed by atoms with Crippen molar-refractivity contribution < 1.29 is 17.9 Å². The molecule has 1 aromatic heterocycles. The van der Waals surface area contributed by atoms with E-state index in [-0.39, 0.29) is 16.3 Å². The second-order valence-electron chi connectivity index (χ2n) is 3.73. The lowest BCUT2D eigenvalue weighted by atomic mass is 10.4. The number of methoxy groups -OCH3 is 1. The number of nitrogen functional groups attached to an aromatic ring is 1. The van der Waals surface area contributed by atoms with Crippen LogP contribution in [0, 0.1) is 0 Å². The Bertz CT molecular complexity index is 705. The minimum Gasteiger partial charge on any atom is -0.464 e. The molecule has 7 heteroatoms. The van der Waals surface area contributed by atoms with Crippen molar-refractivity contribution in [1.29, 1.82) is 0 Å². The number of aromatic nitrogens is 1. The van der Waals surface area contributed by atoms with Gasteiger partial charge in [-0.25, -0.2) is 17.2 Å². The molecule has 0 saturated heterocycles. The largest absolute Gasteiger partial charge is 0.464 e. The smallest absolute Gasteiger partial charge is 0.357 e. The quantitative estimate of drug-likeness (QED) is 0.850. The fourth-order valence-corrected chi connectivity index (χ4v) is 3.01. The fourth-order valence-electron chi connectivity index (χ4n) is 1.64.